The summed E-state index contributed by atoms with van der Waals surface area (Å²) >= 11 is 12.5. The number of hydrogen-bond acceptors (Lipinski definition) is 3. The van der Waals surface area contributed by atoms with Crippen LogP contribution in [0, 0.1) is 0 Å². The highest BCUT2D eigenvalue weighted by Gasteiger charge is 2.25. The van der Waals surface area contributed by atoms with Gasteiger partial charge in [0, 0.05) is 15.6 Å². The lowest BCUT2D eigenvalue weighted by atomic mass is 9.92. The lowest BCUT2D eigenvalue weighted by Crippen LogP contribution is -2.30. The second-order valence-electron chi connectivity index (χ2n) is 7.02. The maximum absolute atomic E-state index is 12.7. The number of halogens is 2. The van der Waals surface area contributed by atoms with Crippen LogP contribution in [0.2, 0.25) is 10.0 Å². The standard InChI is InChI=1S/C25H19Cl2NO3/c26-18-11-12-20(21(27)14-18)24(28-25(30)31-15-16-6-2-1-3-7-16)23-19-9-5-4-8-17(19)10-13-22(23)29/h1-14,24,29H,15H2,(H,28,30). The highest BCUT2D eigenvalue weighted by Crippen LogP contribution is 2.38. The number of aromatic hydroxyl groups is 1. The van der Waals surface area contributed by atoms with E-state index >= 15 is 0 Å². The summed E-state index contributed by atoms with van der Waals surface area (Å²) in [5, 5.41) is 16.2. The van der Waals surface area contributed by atoms with Gasteiger partial charge in [-0.2, -0.15) is 0 Å². The quantitative estimate of drug-likeness (QED) is 0.348. The fourth-order valence-corrected chi connectivity index (χ4v) is 4.03. The van der Waals surface area contributed by atoms with Gasteiger partial charge >= 0.3 is 6.09 Å². The van der Waals surface area contributed by atoms with Crippen molar-refractivity contribution in [2.24, 2.45) is 0 Å². The summed E-state index contributed by atoms with van der Waals surface area (Å²) in [5.74, 6) is 0.0399. The van der Waals surface area contributed by atoms with Gasteiger partial charge < -0.3 is 15.2 Å². The second kappa shape index (κ2) is 9.29. The van der Waals surface area contributed by atoms with E-state index in [9.17, 15) is 9.90 Å². The van der Waals surface area contributed by atoms with E-state index in [-0.39, 0.29) is 12.4 Å². The van der Waals surface area contributed by atoms with Crippen LogP contribution in [0.3, 0.4) is 0 Å². The van der Waals surface area contributed by atoms with E-state index in [1.807, 2.05) is 60.7 Å². The fourth-order valence-electron chi connectivity index (χ4n) is 3.51. The number of ether oxygens (including phenoxy) is 1. The van der Waals surface area contributed by atoms with Crippen molar-refractivity contribution in [3.05, 3.63) is 112 Å². The van der Waals surface area contributed by atoms with Crippen LogP contribution in [0.4, 0.5) is 4.79 Å². The zero-order valence-electron chi connectivity index (χ0n) is 16.4. The van der Waals surface area contributed by atoms with Gasteiger partial charge in [-0.15, -0.1) is 0 Å². The van der Waals surface area contributed by atoms with Gasteiger partial charge in [0.05, 0.1) is 6.04 Å². The molecule has 1 atom stereocenters. The molecule has 4 aromatic rings. The lowest BCUT2D eigenvalue weighted by Gasteiger charge is -2.23. The summed E-state index contributed by atoms with van der Waals surface area (Å²) in [5.41, 5.74) is 1.99. The van der Waals surface area contributed by atoms with Gasteiger partial charge in [0.25, 0.3) is 0 Å². The molecule has 156 valence electrons. The zero-order valence-corrected chi connectivity index (χ0v) is 17.9. The monoisotopic (exact) mass is 451 g/mol. The van der Waals surface area contributed by atoms with E-state index in [4.69, 9.17) is 27.9 Å². The Hall–Kier alpha value is -3.21. The Morgan fingerprint density at radius 1 is 0.935 bits per heavy atom. The average Bonchev–Trinajstić information content (AvgIpc) is 2.77. The molecule has 31 heavy (non-hydrogen) atoms. The highest BCUT2D eigenvalue weighted by molar-refractivity contribution is 6.35. The van der Waals surface area contributed by atoms with Crippen LogP contribution in [0.15, 0.2) is 84.9 Å². The molecule has 0 aromatic heterocycles. The van der Waals surface area contributed by atoms with Crippen molar-refractivity contribution in [3.8, 4) is 5.75 Å². The number of carbonyl (C=O) groups excluding carboxylic acids is 1. The summed E-state index contributed by atoms with van der Waals surface area (Å²) < 4.78 is 5.42. The molecule has 0 saturated heterocycles. The molecule has 0 aliphatic heterocycles. The maximum atomic E-state index is 12.7. The Morgan fingerprint density at radius 3 is 2.45 bits per heavy atom. The molecule has 0 aliphatic carbocycles. The molecule has 4 nitrogen and oxygen atoms in total. The van der Waals surface area contributed by atoms with Gasteiger partial charge in [0.15, 0.2) is 0 Å². The smallest absolute Gasteiger partial charge is 0.408 e. The topological polar surface area (TPSA) is 58.6 Å². The number of phenolic OH excluding ortho intramolecular Hbond substituents is 1. The molecule has 4 rings (SSSR count). The Balaban J connectivity index is 1.72. The van der Waals surface area contributed by atoms with Crippen LogP contribution < -0.4 is 5.32 Å². The summed E-state index contributed by atoms with van der Waals surface area (Å²) in [4.78, 5) is 12.7. The van der Waals surface area contributed by atoms with Crippen LogP contribution in [-0.2, 0) is 11.3 Å². The van der Waals surface area contributed by atoms with E-state index in [1.165, 1.54) is 0 Å². The van der Waals surface area contributed by atoms with Gasteiger partial charge in [-0.05, 0) is 40.1 Å². The number of alkyl carbamates (subject to hydrolysis) is 1. The molecule has 1 unspecified atom stereocenters. The molecule has 1 amide bonds. The summed E-state index contributed by atoms with van der Waals surface area (Å²) in [6.45, 7) is 0.120. The summed E-state index contributed by atoms with van der Waals surface area (Å²) in [6.07, 6.45) is -0.632. The predicted molar refractivity (Wildman–Crippen MR) is 124 cm³/mol. The largest absolute Gasteiger partial charge is 0.508 e. The maximum Gasteiger partial charge on any atom is 0.408 e. The Labute approximate surface area is 190 Å². The molecule has 2 N–H and O–H groups in total. The van der Waals surface area contributed by atoms with Crippen molar-refractivity contribution in [1.29, 1.82) is 0 Å². The Bertz CT molecular complexity index is 1230. The number of hydrogen-bond donors (Lipinski definition) is 2. The van der Waals surface area contributed by atoms with E-state index in [1.54, 1.807) is 24.3 Å². The molecule has 0 heterocycles. The van der Waals surface area contributed by atoms with E-state index < -0.39 is 12.1 Å². The zero-order chi connectivity index (χ0) is 21.8. The van der Waals surface area contributed by atoms with Crippen LogP contribution in [0.25, 0.3) is 10.8 Å². The minimum absolute atomic E-state index is 0.0399. The van der Waals surface area contributed by atoms with Gasteiger partial charge in [0.2, 0.25) is 0 Å². The van der Waals surface area contributed by atoms with Crippen molar-refractivity contribution < 1.29 is 14.6 Å². The first-order chi connectivity index (χ1) is 15.0. The molecule has 0 fully saturated rings. The van der Waals surface area contributed by atoms with E-state index in [2.05, 4.69) is 5.32 Å². The van der Waals surface area contributed by atoms with Crippen molar-refractivity contribution in [2.45, 2.75) is 12.6 Å². The Morgan fingerprint density at radius 2 is 1.68 bits per heavy atom. The first-order valence-corrected chi connectivity index (χ1v) is 10.4. The third-order valence-corrected chi connectivity index (χ3v) is 5.55. The third-order valence-electron chi connectivity index (χ3n) is 4.98. The van der Waals surface area contributed by atoms with Crippen molar-refractivity contribution in [3.63, 3.8) is 0 Å². The second-order valence-corrected chi connectivity index (χ2v) is 7.87. The molecule has 0 bridgehead atoms. The normalized spacial score (nSPS) is 11.8. The summed E-state index contributed by atoms with van der Waals surface area (Å²) in [7, 11) is 0. The molecule has 4 aromatic carbocycles. The number of phenols is 1. The summed E-state index contributed by atoms with van der Waals surface area (Å²) in [6, 6.07) is 24.7. The number of rotatable bonds is 5. The molecule has 0 radical (unpaired) electrons. The van der Waals surface area contributed by atoms with Crippen molar-refractivity contribution >= 4 is 40.1 Å². The van der Waals surface area contributed by atoms with Crippen LogP contribution >= 0.6 is 23.2 Å². The van der Waals surface area contributed by atoms with Crippen molar-refractivity contribution in [2.75, 3.05) is 0 Å². The van der Waals surface area contributed by atoms with Gasteiger partial charge in [0.1, 0.15) is 12.4 Å². The third kappa shape index (κ3) is 4.76. The number of carbonyl (C=O) groups is 1. The van der Waals surface area contributed by atoms with Crippen molar-refractivity contribution in [1.82, 2.24) is 5.32 Å². The number of fused-ring (bicyclic) bond motifs is 1. The van der Waals surface area contributed by atoms with Crippen LogP contribution in [0.1, 0.15) is 22.7 Å². The molecule has 0 spiro atoms. The minimum Gasteiger partial charge on any atom is -0.508 e. The first-order valence-electron chi connectivity index (χ1n) is 9.65. The van der Waals surface area contributed by atoms with Gasteiger partial charge in [-0.3, -0.25) is 0 Å². The van der Waals surface area contributed by atoms with Gasteiger partial charge in [-0.1, -0.05) is 89.9 Å². The number of benzene rings is 4. The molecule has 0 saturated carbocycles. The van der Waals surface area contributed by atoms with Gasteiger partial charge in [-0.25, -0.2) is 4.79 Å². The first kappa shape index (κ1) is 21.0. The molecular formula is C25H19Cl2NO3. The number of amides is 1. The van der Waals surface area contributed by atoms with Crippen LogP contribution in [-0.4, -0.2) is 11.2 Å². The lowest BCUT2D eigenvalue weighted by molar-refractivity contribution is 0.137. The molecular weight excluding hydrogens is 433 g/mol. The SMILES string of the molecule is O=C(NC(c1ccc(Cl)cc1Cl)c1c(O)ccc2ccccc12)OCc1ccccc1. The minimum atomic E-state index is -0.751. The fraction of sp³-hybridized carbons (Fsp3) is 0.0800. The van der Waals surface area contributed by atoms with Crippen LogP contribution in [0.5, 0.6) is 5.75 Å². The highest BCUT2D eigenvalue weighted by atomic mass is 35.5. The molecule has 6 heteroatoms. The Kier molecular flexibility index (Phi) is 6.31. The number of nitrogens with one attached hydrogen (secondary N) is 1. The van der Waals surface area contributed by atoms with E-state index in [0.717, 1.165) is 16.3 Å². The average molecular weight is 452 g/mol. The predicted octanol–water partition coefficient (Wildman–Crippen LogP) is 6.87. The molecule has 0 aliphatic rings. The van der Waals surface area contributed by atoms with E-state index in [0.29, 0.717) is 21.2 Å².